The third kappa shape index (κ3) is 9.90. The van der Waals surface area contributed by atoms with Gasteiger partial charge in [0.2, 0.25) is 0 Å². The summed E-state index contributed by atoms with van der Waals surface area (Å²) in [6.45, 7) is 2.37. The van der Waals surface area contributed by atoms with Crippen molar-refractivity contribution in [2.45, 2.75) is 13.8 Å². The van der Waals surface area contributed by atoms with Gasteiger partial charge in [0, 0.05) is 38.1 Å². The maximum absolute atomic E-state index is 13.1. The fourth-order valence-electron chi connectivity index (χ4n) is 4.66. The number of carbonyl (C=O) groups excluding carboxylic acids is 4. The molecular formula is C36H32Cl4N6O8. The number of nitrogens with zero attached hydrogens (tertiary/aromatic N) is 2. The number of benzene rings is 4. The van der Waals surface area contributed by atoms with Crippen LogP contribution in [0.15, 0.2) is 70.9 Å². The van der Waals surface area contributed by atoms with Gasteiger partial charge in [-0.2, -0.15) is 10.2 Å². The van der Waals surface area contributed by atoms with Gasteiger partial charge in [-0.25, -0.2) is 0 Å². The van der Waals surface area contributed by atoms with Crippen molar-refractivity contribution < 1.29 is 38.1 Å². The zero-order valence-corrected chi connectivity index (χ0v) is 32.5. The van der Waals surface area contributed by atoms with Crippen molar-refractivity contribution in [1.82, 2.24) is 0 Å². The van der Waals surface area contributed by atoms with E-state index in [4.69, 9.17) is 65.4 Å². The van der Waals surface area contributed by atoms with Crippen LogP contribution in [-0.4, -0.2) is 63.2 Å². The van der Waals surface area contributed by atoms with Gasteiger partial charge in [-0.1, -0.05) is 58.5 Å². The quantitative estimate of drug-likeness (QED) is 0.0522. The monoisotopic (exact) mass is 816 g/mol. The first kappa shape index (κ1) is 41.2. The van der Waals surface area contributed by atoms with Crippen molar-refractivity contribution in [3.05, 3.63) is 80.8 Å². The van der Waals surface area contributed by atoms with E-state index in [2.05, 4.69) is 31.7 Å². The lowest BCUT2D eigenvalue weighted by atomic mass is 10.0. The van der Waals surface area contributed by atoms with Crippen LogP contribution in [0.3, 0.4) is 0 Å². The summed E-state index contributed by atoms with van der Waals surface area (Å²) in [5.41, 5.74) is 6.72. The lowest BCUT2D eigenvalue weighted by Crippen LogP contribution is -2.29. The number of rotatable bonds is 15. The Morgan fingerprint density at radius 2 is 0.833 bits per heavy atom. The maximum atomic E-state index is 13.1. The highest BCUT2D eigenvalue weighted by Gasteiger charge is 2.22. The number of hydrogen-bond acceptors (Lipinski definition) is 12. The highest BCUT2D eigenvalue weighted by atomic mass is 35.5. The van der Waals surface area contributed by atoms with E-state index in [1.807, 2.05) is 0 Å². The molecule has 4 N–H and O–H groups in total. The second kappa shape index (κ2) is 18.5. The summed E-state index contributed by atoms with van der Waals surface area (Å²) < 4.78 is 21.0. The molecule has 0 bridgehead atoms. The number of hydrazone groups is 2. The van der Waals surface area contributed by atoms with E-state index in [9.17, 15) is 19.2 Å². The molecule has 0 aliphatic heterocycles. The van der Waals surface area contributed by atoms with Crippen LogP contribution in [0, 0.1) is 0 Å². The predicted molar refractivity (Wildman–Crippen MR) is 212 cm³/mol. The molecule has 0 heterocycles. The van der Waals surface area contributed by atoms with Gasteiger partial charge in [-0.3, -0.25) is 30.0 Å². The maximum Gasteiger partial charge on any atom is 0.279 e. The number of hydrogen-bond donors (Lipinski definition) is 4. The first-order valence-electron chi connectivity index (χ1n) is 15.5. The molecule has 0 unspecified atom stereocenters. The average molecular weight is 818 g/mol. The van der Waals surface area contributed by atoms with E-state index in [0.29, 0.717) is 22.5 Å². The lowest BCUT2D eigenvalue weighted by molar-refractivity contribution is -0.116. The Kier molecular flexibility index (Phi) is 14.1. The number of ketones is 2. The molecule has 14 nitrogen and oxygen atoms in total. The van der Waals surface area contributed by atoms with E-state index in [1.165, 1.54) is 66.6 Å². The van der Waals surface area contributed by atoms with E-state index in [1.54, 1.807) is 36.4 Å². The molecule has 2 amide bonds. The van der Waals surface area contributed by atoms with Crippen LogP contribution < -0.4 is 40.4 Å². The molecule has 4 aromatic carbocycles. The molecular weight excluding hydrogens is 786 g/mol. The topological polar surface area (TPSA) is 178 Å². The van der Waals surface area contributed by atoms with Crippen molar-refractivity contribution in [3.8, 4) is 34.1 Å². The van der Waals surface area contributed by atoms with E-state index >= 15 is 0 Å². The molecule has 54 heavy (non-hydrogen) atoms. The molecule has 0 spiro atoms. The SMILES string of the molecule is COc1cc(NC(=O)C(=NNc2ccc(-c3ccc(NN=C(C(C)=O)C(=O)Nc4cc(OC)c(Cl)cc4OC)c(Cl)c3)cc2Cl)C(C)=O)c(OC)cc1Cl. The van der Waals surface area contributed by atoms with Gasteiger partial charge in [0.05, 0.1) is 71.3 Å². The Balaban J connectivity index is 1.49. The van der Waals surface area contributed by atoms with Gasteiger partial charge in [0.15, 0.2) is 23.0 Å². The van der Waals surface area contributed by atoms with Crippen LogP contribution in [0.5, 0.6) is 23.0 Å². The van der Waals surface area contributed by atoms with E-state index in [-0.39, 0.29) is 54.5 Å². The van der Waals surface area contributed by atoms with Crippen LogP contribution in [0.25, 0.3) is 11.1 Å². The summed E-state index contributed by atoms with van der Waals surface area (Å²) in [4.78, 5) is 50.9. The van der Waals surface area contributed by atoms with Gasteiger partial charge in [-0.05, 0) is 35.4 Å². The van der Waals surface area contributed by atoms with Crippen molar-refractivity contribution in [2.24, 2.45) is 10.2 Å². The van der Waals surface area contributed by atoms with Crippen LogP contribution in [-0.2, 0) is 19.2 Å². The minimum Gasteiger partial charge on any atom is -0.495 e. The van der Waals surface area contributed by atoms with Gasteiger partial charge in [0.25, 0.3) is 11.8 Å². The fourth-order valence-corrected chi connectivity index (χ4v) is 5.57. The number of Topliss-reactive ketones (excluding diaryl/α,β-unsaturated/α-hetero) is 2. The number of anilines is 4. The molecule has 0 radical (unpaired) electrons. The van der Waals surface area contributed by atoms with Crippen molar-refractivity contribution in [3.63, 3.8) is 0 Å². The molecule has 4 rings (SSSR count). The Morgan fingerprint density at radius 1 is 0.481 bits per heavy atom. The highest BCUT2D eigenvalue weighted by Crippen LogP contribution is 2.37. The van der Waals surface area contributed by atoms with Crippen LogP contribution >= 0.6 is 46.4 Å². The summed E-state index contributed by atoms with van der Waals surface area (Å²) in [7, 11) is 5.61. The molecule has 0 atom stereocenters. The minimum absolute atomic E-state index is 0.202. The normalized spacial score (nSPS) is 11.3. The summed E-state index contributed by atoms with van der Waals surface area (Å²) in [5, 5.41) is 14.1. The number of carbonyl (C=O) groups is 4. The summed E-state index contributed by atoms with van der Waals surface area (Å²) in [6.07, 6.45) is 0. The molecule has 18 heteroatoms. The van der Waals surface area contributed by atoms with Gasteiger partial charge < -0.3 is 29.6 Å². The van der Waals surface area contributed by atoms with Gasteiger partial charge in [0.1, 0.15) is 23.0 Å². The van der Waals surface area contributed by atoms with Crippen molar-refractivity contribution in [1.29, 1.82) is 0 Å². The number of amides is 2. The molecule has 0 aliphatic carbocycles. The molecule has 0 saturated heterocycles. The number of nitrogens with one attached hydrogen (secondary N) is 4. The summed E-state index contributed by atoms with van der Waals surface area (Å²) >= 11 is 25.4. The fraction of sp³-hybridized carbons (Fsp3) is 0.167. The molecule has 0 fully saturated rings. The zero-order valence-electron chi connectivity index (χ0n) is 29.4. The standard InChI is InChI=1S/C36H32Cl4N6O8/c1-17(47)33(35(49)41-27-15-29(51-3)23(39)13-31(27)53-5)45-43-25-9-7-19(11-21(25)37)20-8-10-26(22(38)12-20)44-46-34(18(2)48)36(50)42-28-16-30(52-4)24(40)14-32(28)54-6/h7-16,43-44H,1-6H3,(H,41,49)(H,42,50). The summed E-state index contributed by atoms with van der Waals surface area (Å²) in [5.74, 6) is -1.86. The number of ether oxygens (including phenoxy) is 4. The Bertz CT molecular complexity index is 2040. The third-order valence-electron chi connectivity index (χ3n) is 7.39. The Labute approximate surface area is 329 Å². The number of halogens is 4. The summed E-state index contributed by atoms with van der Waals surface area (Å²) in [6, 6.07) is 15.6. The molecule has 0 aliphatic rings. The van der Waals surface area contributed by atoms with Gasteiger partial charge >= 0.3 is 0 Å². The van der Waals surface area contributed by atoms with Crippen LogP contribution in [0.2, 0.25) is 20.1 Å². The third-order valence-corrected chi connectivity index (χ3v) is 8.61. The molecule has 0 saturated carbocycles. The van der Waals surface area contributed by atoms with Crippen LogP contribution in [0.4, 0.5) is 22.7 Å². The Morgan fingerprint density at radius 3 is 1.13 bits per heavy atom. The number of methoxy groups -OCH3 is 4. The lowest BCUT2D eigenvalue weighted by Gasteiger charge is -2.14. The van der Waals surface area contributed by atoms with Crippen LogP contribution in [0.1, 0.15) is 13.8 Å². The highest BCUT2D eigenvalue weighted by molar-refractivity contribution is 6.68. The minimum atomic E-state index is -0.823. The second-order valence-electron chi connectivity index (χ2n) is 10.9. The smallest absolute Gasteiger partial charge is 0.279 e. The Hall–Kier alpha value is -5.54. The molecule has 0 aromatic heterocycles. The molecule has 282 valence electrons. The van der Waals surface area contributed by atoms with Crippen molar-refractivity contribution in [2.75, 3.05) is 49.9 Å². The largest absolute Gasteiger partial charge is 0.495 e. The second-order valence-corrected chi connectivity index (χ2v) is 12.6. The molecule has 4 aromatic rings. The van der Waals surface area contributed by atoms with Gasteiger partial charge in [-0.15, -0.1) is 0 Å². The first-order valence-corrected chi connectivity index (χ1v) is 17.0. The van der Waals surface area contributed by atoms with Crippen molar-refractivity contribution >= 4 is 104 Å². The zero-order chi connectivity index (χ0) is 39.7. The van der Waals surface area contributed by atoms with E-state index in [0.717, 1.165) is 0 Å². The predicted octanol–water partition coefficient (Wildman–Crippen LogP) is 7.99. The van der Waals surface area contributed by atoms with E-state index < -0.39 is 34.8 Å². The first-order chi connectivity index (χ1) is 25.7. The average Bonchev–Trinajstić information content (AvgIpc) is 3.13.